The Labute approximate surface area is 143 Å². The highest BCUT2D eigenvalue weighted by Crippen LogP contribution is 2.09. The molecule has 1 heterocycles. The van der Waals surface area contributed by atoms with Gasteiger partial charge in [0, 0.05) is 38.7 Å². The Morgan fingerprint density at radius 3 is 2.71 bits per heavy atom. The minimum Gasteiger partial charge on any atom is -0.382 e. The summed E-state index contributed by atoms with van der Waals surface area (Å²) in [5.74, 6) is 0.838. The topological polar surface area (TPSA) is 63.5 Å². The Morgan fingerprint density at radius 2 is 2.04 bits per heavy atom. The van der Waals surface area contributed by atoms with Crippen molar-refractivity contribution in [3.8, 4) is 5.69 Å². The molecule has 2 aromatic rings. The maximum atomic E-state index is 5.34. The molecule has 0 saturated heterocycles. The van der Waals surface area contributed by atoms with E-state index in [1.165, 1.54) is 0 Å². The fourth-order valence-corrected chi connectivity index (χ4v) is 2.21. The van der Waals surface area contributed by atoms with Crippen LogP contribution in [-0.2, 0) is 11.3 Å². The zero-order valence-corrected chi connectivity index (χ0v) is 14.5. The third-order valence-corrected chi connectivity index (χ3v) is 3.43. The van der Waals surface area contributed by atoms with Crippen molar-refractivity contribution in [2.45, 2.75) is 26.8 Å². The first kappa shape index (κ1) is 18.0. The first-order chi connectivity index (χ1) is 11.8. The highest BCUT2D eigenvalue weighted by molar-refractivity contribution is 5.79. The molecule has 24 heavy (non-hydrogen) atoms. The van der Waals surface area contributed by atoms with Crippen LogP contribution >= 0.6 is 0 Å². The monoisotopic (exact) mass is 329 g/mol. The Balaban J connectivity index is 1.85. The van der Waals surface area contributed by atoms with Crippen LogP contribution in [0.25, 0.3) is 5.69 Å². The van der Waals surface area contributed by atoms with E-state index in [4.69, 9.17) is 4.74 Å². The number of hydrogen-bond acceptors (Lipinski definition) is 3. The molecule has 0 bridgehead atoms. The van der Waals surface area contributed by atoms with Crippen LogP contribution in [0.5, 0.6) is 0 Å². The Morgan fingerprint density at radius 1 is 1.21 bits per heavy atom. The van der Waals surface area contributed by atoms with E-state index in [9.17, 15) is 0 Å². The highest BCUT2D eigenvalue weighted by Gasteiger charge is 1.99. The van der Waals surface area contributed by atoms with Gasteiger partial charge < -0.3 is 15.4 Å². The predicted octanol–water partition coefficient (Wildman–Crippen LogP) is 2.35. The number of benzene rings is 1. The standard InChI is InChI=1S/C18H27N5O/c1-3-19-18(20-11-6-14-24-4-2)21-15-16-7-9-17(10-8-16)23-13-5-12-22-23/h5,7-10,12-13H,3-4,6,11,14-15H2,1-2H3,(H2,19,20,21). The molecule has 0 spiro atoms. The van der Waals surface area contributed by atoms with Crippen LogP contribution in [0.15, 0.2) is 47.7 Å². The largest absolute Gasteiger partial charge is 0.382 e. The van der Waals surface area contributed by atoms with Gasteiger partial charge in [-0.3, -0.25) is 0 Å². The predicted molar refractivity (Wildman–Crippen MR) is 97.5 cm³/mol. The minimum atomic E-state index is 0.639. The maximum Gasteiger partial charge on any atom is 0.191 e. The number of nitrogens with zero attached hydrogens (tertiary/aromatic N) is 3. The van der Waals surface area contributed by atoms with Crippen molar-refractivity contribution < 1.29 is 4.74 Å². The SMILES string of the molecule is CCNC(=NCc1ccc(-n2cccn2)cc1)NCCCOCC. The lowest BCUT2D eigenvalue weighted by Gasteiger charge is -2.11. The van der Waals surface area contributed by atoms with Crippen molar-refractivity contribution in [3.05, 3.63) is 48.3 Å². The number of nitrogens with one attached hydrogen (secondary N) is 2. The molecule has 2 N–H and O–H groups in total. The van der Waals surface area contributed by atoms with Crippen LogP contribution in [-0.4, -0.2) is 42.0 Å². The lowest BCUT2D eigenvalue weighted by molar-refractivity contribution is 0.145. The molecule has 1 aromatic heterocycles. The molecule has 130 valence electrons. The van der Waals surface area contributed by atoms with Gasteiger partial charge in [-0.15, -0.1) is 0 Å². The average molecular weight is 329 g/mol. The third-order valence-electron chi connectivity index (χ3n) is 3.43. The van der Waals surface area contributed by atoms with Crippen LogP contribution in [0.1, 0.15) is 25.8 Å². The second-order valence-corrected chi connectivity index (χ2v) is 5.29. The summed E-state index contributed by atoms with van der Waals surface area (Å²) in [6.45, 7) is 7.95. The summed E-state index contributed by atoms with van der Waals surface area (Å²) in [5.41, 5.74) is 2.21. The molecule has 0 unspecified atom stereocenters. The molecule has 0 aliphatic rings. The van der Waals surface area contributed by atoms with Gasteiger partial charge in [0.2, 0.25) is 0 Å². The van der Waals surface area contributed by atoms with Gasteiger partial charge in [0.15, 0.2) is 5.96 Å². The smallest absolute Gasteiger partial charge is 0.191 e. The van der Waals surface area contributed by atoms with Crippen molar-refractivity contribution >= 4 is 5.96 Å². The Hall–Kier alpha value is -2.34. The molecule has 0 amide bonds. The molecule has 0 fully saturated rings. The van der Waals surface area contributed by atoms with E-state index in [1.807, 2.05) is 23.9 Å². The lowest BCUT2D eigenvalue weighted by Crippen LogP contribution is -2.38. The number of aliphatic imine (C=N–C) groups is 1. The van der Waals surface area contributed by atoms with Crippen LogP contribution in [0, 0.1) is 0 Å². The zero-order chi connectivity index (χ0) is 17.0. The van der Waals surface area contributed by atoms with Gasteiger partial charge in [-0.05, 0) is 44.0 Å². The van der Waals surface area contributed by atoms with Gasteiger partial charge in [-0.1, -0.05) is 12.1 Å². The number of guanidine groups is 1. The molecule has 0 aliphatic heterocycles. The lowest BCUT2D eigenvalue weighted by atomic mass is 10.2. The Bertz CT molecular complexity index is 592. The fourth-order valence-electron chi connectivity index (χ4n) is 2.21. The molecule has 0 radical (unpaired) electrons. The zero-order valence-electron chi connectivity index (χ0n) is 14.5. The Kier molecular flexibility index (Phi) is 7.83. The van der Waals surface area contributed by atoms with E-state index >= 15 is 0 Å². The number of hydrogen-bond donors (Lipinski definition) is 2. The molecule has 6 heteroatoms. The van der Waals surface area contributed by atoms with Crippen molar-refractivity contribution in [1.82, 2.24) is 20.4 Å². The quantitative estimate of drug-likeness (QED) is 0.421. The molecule has 0 atom stereocenters. The van der Waals surface area contributed by atoms with Crippen LogP contribution in [0.3, 0.4) is 0 Å². The molecular weight excluding hydrogens is 302 g/mol. The summed E-state index contributed by atoms with van der Waals surface area (Å²) >= 11 is 0. The van der Waals surface area contributed by atoms with Gasteiger partial charge in [0.1, 0.15) is 0 Å². The minimum absolute atomic E-state index is 0.639. The van der Waals surface area contributed by atoms with Crippen molar-refractivity contribution in [3.63, 3.8) is 0 Å². The van der Waals surface area contributed by atoms with Gasteiger partial charge in [0.05, 0.1) is 12.2 Å². The van der Waals surface area contributed by atoms with Crippen LogP contribution < -0.4 is 10.6 Å². The summed E-state index contributed by atoms with van der Waals surface area (Å²) in [7, 11) is 0. The second-order valence-electron chi connectivity index (χ2n) is 5.29. The molecule has 1 aromatic carbocycles. The van der Waals surface area contributed by atoms with Crippen molar-refractivity contribution in [1.29, 1.82) is 0 Å². The molecule has 6 nitrogen and oxygen atoms in total. The third kappa shape index (κ3) is 6.04. The summed E-state index contributed by atoms with van der Waals surface area (Å²) < 4.78 is 7.18. The summed E-state index contributed by atoms with van der Waals surface area (Å²) in [6.07, 6.45) is 4.68. The molecule has 0 saturated carbocycles. The van der Waals surface area contributed by atoms with Crippen LogP contribution in [0.2, 0.25) is 0 Å². The summed E-state index contributed by atoms with van der Waals surface area (Å²) in [6, 6.07) is 10.2. The van der Waals surface area contributed by atoms with E-state index in [-0.39, 0.29) is 0 Å². The van der Waals surface area contributed by atoms with Gasteiger partial charge in [-0.2, -0.15) is 5.10 Å². The normalized spacial score (nSPS) is 11.5. The first-order valence-electron chi connectivity index (χ1n) is 8.52. The number of aromatic nitrogens is 2. The van der Waals surface area contributed by atoms with E-state index in [1.54, 1.807) is 6.20 Å². The van der Waals surface area contributed by atoms with Crippen molar-refractivity contribution in [2.75, 3.05) is 26.3 Å². The van der Waals surface area contributed by atoms with E-state index in [2.05, 4.69) is 51.9 Å². The van der Waals surface area contributed by atoms with Gasteiger partial charge in [0.25, 0.3) is 0 Å². The van der Waals surface area contributed by atoms with E-state index in [0.717, 1.165) is 49.9 Å². The van der Waals surface area contributed by atoms with E-state index in [0.29, 0.717) is 6.54 Å². The summed E-state index contributed by atoms with van der Waals surface area (Å²) in [5, 5.41) is 10.8. The van der Waals surface area contributed by atoms with Gasteiger partial charge >= 0.3 is 0 Å². The number of ether oxygens (including phenoxy) is 1. The number of rotatable bonds is 9. The second kappa shape index (κ2) is 10.4. The van der Waals surface area contributed by atoms with Gasteiger partial charge in [-0.25, -0.2) is 9.67 Å². The molecular formula is C18H27N5O. The summed E-state index contributed by atoms with van der Waals surface area (Å²) in [4.78, 5) is 4.63. The molecule has 0 aliphatic carbocycles. The van der Waals surface area contributed by atoms with E-state index < -0.39 is 0 Å². The molecule has 2 rings (SSSR count). The first-order valence-corrected chi connectivity index (χ1v) is 8.52. The fraction of sp³-hybridized carbons (Fsp3) is 0.444. The van der Waals surface area contributed by atoms with Crippen LogP contribution in [0.4, 0.5) is 0 Å². The average Bonchev–Trinajstić information content (AvgIpc) is 3.14. The van der Waals surface area contributed by atoms with Crippen molar-refractivity contribution in [2.24, 2.45) is 4.99 Å². The maximum absolute atomic E-state index is 5.34. The highest BCUT2D eigenvalue weighted by atomic mass is 16.5.